The predicted molar refractivity (Wildman–Crippen MR) is 161 cm³/mol. The zero-order valence-corrected chi connectivity index (χ0v) is 25.7. The lowest BCUT2D eigenvalue weighted by molar-refractivity contribution is -0.140. The largest absolute Gasteiger partial charge is 0.355 e. The van der Waals surface area contributed by atoms with E-state index in [0.717, 1.165) is 15.4 Å². The van der Waals surface area contributed by atoms with Crippen molar-refractivity contribution in [1.82, 2.24) is 10.2 Å². The third-order valence-corrected chi connectivity index (χ3v) is 9.12. The molecule has 0 fully saturated rings. The van der Waals surface area contributed by atoms with Crippen LogP contribution in [0.1, 0.15) is 42.5 Å². The van der Waals surface area contributed by atoms with Gasteiger partial charge in [0.25, 0.3) is 10.0 Å². The maximum absolute atomic E-state index is 14.1. The lowest BCUT2D eigenvalue weighted by Crippen LogP contribution is -2.52. The minimum Gasteiger partial charge on any atom is -0.355 e. The summed E-state index contributed by atoms with van der Waals surface area (Å²) in [6.07, 6.45) is 0.300. The summed E-state index contributed by atoms with van der Waals surface area (Å²) in [6, 6.07) is 16.0. The minimum absolute atomic E-state index is 0.0577. The number of hydrogen-bond donors (Lipinski definition) is 1. The fraction of sp³-hybridized carbons (Fsp3) is 0.333. The number of benzene rings is 3. The van der Waals surface area contributed by atoms with Crippen molar-refractivity contribution in [3.63, 3.8) is 0 Å². The molecule has 3 aromatic carbocycles. The number of halogens is 2. The molecule has 0 spiro atoms. The Bertz CT molecular complexity index is 1460. The molecule has 10 heteroatoms. The normalized spacial score (nSPS) is 12.1. The fourth-order valence-electron chi connectivity index (χ4n) is 4.50. The first-order valence-electron chi connectivity index (χ1n) is 13.1. The van der Waals surface area contributed by atoms with Gasteiger partial charge in [0.05, 0.1) is 10.6 Å². The Morgan fingerprint density at radius 2 is 1.50 bits per heavy atom. The minimum atomic E-state index is -4.15. The van der Waals surface area contributed by atoms with Crippen molar-refractivity contribution in [2.75, 3.05) is 17.4 Å². The van der Waals surface area contributed by atoms with Crippen molar-refractivity contribution < 1.29 is 18.0 Å². The molecule has 214 valence electrons. The van der Waals surface area contributed by atoms with Crippen LogP contribution >= 0.6 is 23.2 Å². The molecule has 0 unspecified atom stereocenters. The maximum atomic E-state index is 14.1. The second-order valence-electron chi connectivity index (χ2n) is 9.66. The molecule has 0 aliphatic carbocycles. The van der Waals surface area contributed by atoms with Crippen LogP contribution in [-0.2, 0) is 26.2 Å². The highest BCUT2D eigenvalue weighted by Gasteiger charge is 2.34. The topological polar surface area (TPSA) is 86.8 Å². The van der Waals surface area contributed by atoms with Crippen molar-refractivity contribution in [3.8, 4) is 0 Å². The summed E-state index contributed by atoms with van der Waals surface area (Å²) in [6.45, 7) is 8.93. The number of carbonyl (C=O) groups is 2. The first-order chi connectivity index (χ1) is 18.9. The maximum Gasteiger partial charge on any atom is 0.264 e. The van der Waals surface area contributed by atoms with Gasteiger partial charge in [-0.1, -0.05) is 71.6 Å². The van der Waals surface area contributed by atoms with E-state index < -0.39 is 28.5 Å². The van der Waals surface area contributed by atoms with Crippen molar-refractivity contribution >= 4 is 50.7 Å². The Morgan fingerprint density at radius 1 is 0.900 bits per heavy atom. The van der Waals surface area contributed by atoms with Gasteiger partial charge in [-0.3, -0.25) is 13.9 Å². The molecule has 1 N–H and O–H groups in total. The van der Waals surface area contributed by atoms with Crippen molar-refractivity contribution in [3.05, 3.63) is 93.0 Å². The number of carbonyl (C=O) groups excluding carboxylic acids is 2. The van der Waals surface area contributed by atoms with E-state index in [-0.39, 0.29) is 17.3 Å². The number of anilines is 1. The summed E-state index contributed by atoms with van der Waals surface area (Å²) in [5.74, 6) is -0.911. The molecule has 0 aromatic heterocycles. The Morgan fingerprint density at radius 3 is 2.05 bits per heavy atom. The van der Waals surface area contributed by atoms with Crippen LogP contribution < -0.4 is 9.62 Å². The summed E-state index contributed by atoms with van der Waals surface area (Å²) in [7, 11) is -4.15. The number of amides is 2. The first kappa shape index (κ1) is 31.5. The summed E-state index contributed by atoms with van der Waals surface area (Å²) in [5, 5.41) is 3.46. The van der Waals surface area contributed by atoms with Crippen molar-refractivity contribution in [2.45, 2.75) is 58.5 Å². The second kappa shape index (κ2) is 13.5. The second-order valence-corrected chi connectivity index (χ2v) is 12.3. The predicted octanol–water partition coefficient (Wildman–Crippen LogP) is 6.06. The van der Waals surface area contributed by atoms with Gasteiger partial charge >= 0.3 is 0 Å². The summed E-state index contributed by atoms with van der Waals surface area (Å²) in [4.78, 5) is 28.6. The number of likely N-dealkylation sites (N-methyl/N-ethyl adjacent to an activating group) is 1. The zero-order valence-electron chi connectivity index (χ0n) is 23.4. The molecular formula is C30H35Cl2N3O4S. The molecule has 2 amide bonds. The molecule has 3 rings (SSSR count). The van der Waals surface area contributed by atoms with Gasteiger partial charge in [0.2, 0.25) is 11.8 Å². The molecule has 3 aromatic rings. The van der Waals surface area contributed by atoms with Crippen LogP contribution in [0.3, 0.4) is 0 Å². The molecule has 0 aliphatic heterocycles. The number of sulfonamides is 1. The Balaban J connectivity index is 2.13. The standard InChI is InChI=1S/C30H35Cl2N3O4S/c1-6-27(30(37)33-7-2)34(18-24-25(31)9-8-10-26(24)32)29(36)19-35(28-16-13-21(4)17-22(28)5)40(38,39)23-14-11-20(3)12-15-23/h8-17,27H,6-7,18-19H2,1-5H3,(H,33,37)/t27-/m1/s1. The van der Waals surface area contributed by atoms with Crippen LogP contribution in [-0.4, -0.2) is 44.3 Å². The molecule has 0 bridgehead atoms. The van der Waals surface area contributed by atoms with E-state index >= 15 is 0 Å². The molecule has 0 saturated carbocycles. The Labute approximate surface area is 247 Å². The zero-order chi connectivity index (χ0) is 29.6. The number of nitrogens with one attached hydrogen (secondary N) is 1. The number of hydrogen-bond acceptors (Lipinski definition) is 4. The third-order valence-electron chi connectivity index (χ3n) is 6.64. The van der Waals surface area contributed by atoms with E-state index in [1.165, 1.54) is 17.0 Å². The lowest BCUT2D eigenvalue weighted by Gasteiger charge is -2.34. The smallest absolute Gasteiger partial charge is 0.264 e. The van der Waals surface area contributed by atoms with Crippen LogP contribution in [0.4, 0.5) is 5.69 Å². The average molecular weight is 605 g/mol. The average Bonchev–Trinajstić information content (AvgIpc) is 2.89. The highest BCUT2D eigenvalue weighted by molar-refractivity contribution is 7.92. The molecule has 7 nitrogen and oxygen atoms in total. The number of aryl methyl sites for hydroxylation is 3. The van der Waals surface area contributed by atoms with E-state index in [4.69, 9.17) is 23.2 Å². The monoisotopic (exact) mass is 603 g/mol. The van der Waals surface area contributed by atoms with Crippen LogP contribution in [0, 0.1) is 20.8 Å². The van der Waals surface area contributed by atoms with E-state index in [9.17, 15) is 18.0 Å². The van der Waals surface area contributed by atoms with Gasteiger partial charge in [-0.25, -0.2) is 8.42 Å². The van der Waals surface area contributed by atoms with Gasteiger partial charge < -0.3 is 10.2 Å². The third kappa shape index (κ3) is 7.16. The van der Waals surface area contributed by atoms with Gasteiger partial charge in [0.1, 0.15) is 12.6 Å². The summed E-state index contributed by atoms with van der Waals surface area (Å²) in [5.41, 5.74) is 3.41. The van der Waals surface area contributed by atoms with Crippen LogP contribution in [0.5, 0.6) is 0 Å². The van der Waals surface area contributed by atoms with E-state index in [1.807, 2.05) is 19.9 Å². The molecule has 0 radical (unpaired) electrons. The summed E-state index contributed by atoms with van der Waals surface area (Å²) >= 11 is 12.9. The molecule has 0 heterocycles. The van der Waals surface area contributed by atoms with Crippen molar-refractivity contribution in [1.29, 1.82) is 0 Å². The van der Waals surface area contributed by atoms with Gasteiger partial charge in [-0.05, 0) is 70.0 Å². The van der Waals surface area contributed by atoms with Gasteiger partial charge in [0.15, 0.2) is 0 Å². The van der Waals surface area contributed by atoms with Gasteiger partial charge in [-0.2, -0.15) is 0 Å². The fourth-order valence-corrected chi connectivity index (χ4v) is 6.50. The Hall–Kier alpha value is -3.07. The highest BCUT2D eigenvalue weighted by Crippen LogP contribution is 2.30. The van der Waals surface area contributed by atoms with Crippen LogP contribution in [0.25, 0.3) is 0 Å². The molecular weight excluding hydrogens is 569 g/mol. The quantitative estimate of drug-likeness (QED) is 0.289. The lowest BCUT2D eigenvalue weighted by atomic mass is 10.1. The first-order valence-corrected chi connectivity index (χ1v) is 15.3. The molecule has 1 atom stereocenters. The van der Waals surface area contributed by atoms with Crippen molar-refractivity contribution in [2.24, 2.45) is 0 Å². The number of rotatable bonds is 11. The molecule has 40 heavy (non-hydrogen) atoms. The van der Waals surface area contributed by atoms with E-state index in [2.05, 4.69) is 5.32 Å². The van der Waals surface area contributed by atoms with E-state index in [1.54, 1.807) is 63.2 Å². The van der Waals surface area contributed by atoms with Gasteiger partial charge in [0, 0.05) is 28.7 Å². The van der Waals surface area contributed by atoms with Crippen LogP contribution in [0.2, 0.25) is 10.0 Å². The summed E-state index contributed by atoms with van der Waals surface area (Å²) < 4.78 is 29.1. The highest BCUT2D eigenvalue weighted by atomic mass is 35.5. The number of nitrogens with zero attached hydrogens (tertiary/aromatic N) is 2. The molecule has 0 aliphatic rings. The van der Waals surface area contributed by atoms with E-state index in [0.29, 0.717) is 39.8 Å². The van der Waals surface area contributed by atoms with Gasteiger partial charge in [-0.15, -0.1) is 0 Å². The molecule has 0 saturated heterocycles. The van der Waals surface area contributed by atoms with Crippen LogP contribution in [0.15, 0.2) is 65.6 Å². The Kier molecular flexibility index (Phi) is 10.6. The SMILES string of the molecule is CCNC(=O)[C@@H](CC)N(Cc1c(Cl)cccc1Cl)C(=O)CN(c1ccc(C)cc1C)S(=O)(=O)c1ccc(C)cc1.